The van der Waals surface area contributed by atoms with E-state index in [1.807, 2.05) is 27.7 Å². The van der Waals surface area contributed by atoms with Crippen LogP contribution in [0.2, 0.25) is 0 Å². The Morgan fingerprint density at radius 2 is 0.727 bits per heavy atom. The first-order valence-corrected chi connectivity index (χ1v) is 11.4. The largest absolute Gasteiger partial charge is 0.411 e. The zero-order valence-corrected chi connectivity index (χ0v) is 20.5. The molecule has 0 nitrogen and oxygen atoms in total. The van der Waals surface area contributed by atoms with E-state index in [0.717, 1.165) is 35.4 Å². The van der Waals surface area contributed by atoms with Gasteiger partial charge in [-0.15, -0.1) is 0 Å². The van der Waals surface area contributed by atoms with Gasteiger partial charge in [0.15, 0.2) is 0 Å². The minimum absolute atomic E-state index is 0.0273. The molecule has 2 aromatic carbocycles. The molecule has 6 heteroatoms. The monoisotopic (exact) mass is 472 g/mol. The molecular formula is C27H34F6. The van der Waals surface area contributed by atoms with Gasteiger partial charge in [0.1, 0.15) is 0 Å². The molecule has 0 amide bonds. The number of hydrogen-bond donors (Lipinski definition) is 0. The van der Waals surface area contributed by atoms with E-state index in [1.54, 1.807) is 27.7 Å². The normalized spacial score (nSPS) is 13.6. The summed E-state index contributed by atoms with van der Waals surface area (Å²) in [5.74, 6) is -0.506. The lowest BCUT2D eigenvalue weighted by Crippen LogP contribution is -2.55. The SMILES string of the molecule is CC(C)c1ccc(C(c2ccc(C(C)C)c(C(C)C)c2)(C(F)(F)F)C(F)(F)F)cc1C(C)C. The van der Waals surface area contributed by atoms with Crippen LogP contribution >= 0.6 is 0 Å². The van der Waals surface area contributed by atoms with Crippen molar-refractivity contribution in [2.24, 2.45) is 0 Å². The lowest BCUT2D eigenvalue weighted by atomic mass is 9.70. The first-order valence-electron chi connectivity index (χ1n) is 11.4. The zero-order chi connectivity index (χ0) is 25.5. The molecule has 2 aromatic rings. The van der Waals surface area contributed by atoms with E-state index in [9.17, 15) is 26.3 Å². The van der Waals surface area contributed by atoms with Crippen LogP contribution in [-0.2, 0) is 5.41 Å². The van der Waals surface area contributed by atoms with Crippen LogP contribution in [0.4, 0.5) is 26.3 Å². The van der Waals surface area contributed by atoms with E-state index in [4.69, 9.17) is 0 Å². The van der Waals surface area contributed by atoms with E-state index in [2.05, 4.69) is 0 Å². The van der Waals surface area contributed by atoms with E-state index in [1.165, 1.54) is 12.1 Å². The Balaban J connectivity index is 3.04. The topological polar surface area (TPSA) is 0 Å². The van der Waals surface area contributed by atoms with Crippen LogP contribution in [-0.4, -0.2) is 12.4 Å². The van der Waals surface area contributed by atoms with Gasteiger partial charge in [-0.1, -0.05) is 91.8 Å². The summed E-state index contributed by atoms with van der Waals surface area (Å²) in [4.78, 5) is 0. The van der Waals surface area contributed by atoms with Gasteiger partial charge in [-0.3, -0.25) is 0 Å². The molecule has 0 aliphatic carbocycles. The molecule has 0 N–H and O–H groups in total. The third-order valence-corrected chi connectivity index (χ3v) is 6.38. The van der Waals surface area contributed by atoms with Crippen molar-refractivity contribution in [1.29, 1.82) is 0 Å². The maximum Gasteiger partial charge on any atom is 0.411 e. The van der Waals surface area contributed by atoms with E-state index in [-0.39, 0.29) is 23.7 Å². The van der Waals surface area contributed by atoms with Crippen molar-refractivity contribution in [1.82, 2.24) is 0 Å². The summed E-state index contributed by atoms with van der Waals surface area (Å²) >= 11 is 0. The summed E-state index contributed by atoms with van der Waals surface area (Å²) in [6.07, 6.45) is -11.2. The fourth-order valence-corrected chi connectivity index (χ4v) is 4.65. The average molecular weight is 473 g/mol. The number of hydrogen-bond acceptors (Lipinski definition) is 0. The summed E-state index contributed by atoms with van der Waals surface area (Å²) in [7, 11) is 0. The quantitative estimate of drug-likeness (QED) is 0.367. The fraction of sp³-hybridized carbons (Fsp3) is 0.556. The molecule has 0 spiro atoms. The molecule has 0 aliphatic rings. The molecule has 2 rings (SSSR count). The van der Waals surface area contributed by atoms with E-state index < -0.39 is 28.9 Å². The van der Waals surface area contributed by atoms with Gasteiger partial charge in [-0.25, -0.2) is 0 Å². The fourth-order valence-electron chi connectivity index (χ4n) is 4.65. The molecule has 0 unspecified atom stereocenters. The van der Waals surface area contributed by atoms with Gasteiger partial charge in [-0.2, -0.15) is 26.3 Å². The summed E-state index contributed by atoms with van der Waals surface area (Å²) in [5, 5.41) is 0. The third kappa shape index (κ3) is 4.81. The molecule has 0 atom stereocenters. The van der Waals surface area contributed by atoms with Crippen LogP contribution in [0.3, 0.4) is 0 Å². The lowest BCUT2D eigenvalue weighted by molar-refractivity contribution is -0.288. The first kappa shape index (κ1) is 27.3. The summed E-state index contributed by atoms with van der Waals surface area (Å²) in [6, 6.07) is 7.10. The first-order chi connectivity index (χ1) is 15.0. The van der Waals surface area contributed by atoms with Crippen molar-refractivity contribution in [3.63, 3.8) is 0 Å². The Bertz CT molecular complexity index is 882. The van der Waals surface area contributed by atoms with Gasteiger partial charge in [-0.05, 0) is 57.1 Å². The molecule has 33 heavy (non-hydrogen) atoms. The maximum absolute atomic E-state index is 14.7. The Hall–Kier alpha value is -1.98. The van der Waals surface area contributed by atoms with Gasteiger partial charge in [0.05, 0.1) is 0 Å². The molecule has 0 saturated heterocycles. The van der Waals surface area contributed by atoms with Crippen LogP contribution in [0.1, 0.15) is 112 Å². The van der Waals surface area contributed by atoms with Crippen molar-refractivity contribution in [2.75, 3.05) is 0 Å². The average Bonchev–Trinajstić information content (AvgIpc) is 2.65. The summed E-state index contributed by atoms with van der Waals surface area (Å²) in [5.41, 5.74) is -3.19. The van der Waals surface area contributed by atoms with Gasteiger partial charge in [0.2, 0.25) is 5.41 Å². The second kappa shape index (κ2) is 9.34. The molecule has 0 radical (unpaired) electrons. The Kier molecular flexibility index (Phi) is 7.72. The maximum atomic E-state index is 14.7. The van der Waals surface area contributed by atoms with Crippen molar-refractivity contribution >= 4 is 0 Å². The van der Waals surface area contributed by atoms with Crippen LogP contribution in [0.25, 0.3) is 0 Å². The highest BCUT2D eigenvalue weighted by atomic mass is 19.4. The van der Waals surface area contributed by atoms with Crippen LogP contribution in [0, 0.1) is 0 Å². The van der Waals surface area contributed by atoms with E-state index in [0.29, 0.717) is 11.1 Å². The second-order valence-corrected chi connectivity index (χ2v) is 10.1. The van der Waals surface area contributed by atoms with Crippen molar-refractivity contribution < 1.29 is 26.3 Å². The van der Waals surface area contributed by atoms with Crippen molar-refractivity contribution in [3.05, 3.63) is 69.8 Å². The van der Waals surface area contributed by atoms with Gasteiger partial charge in [0.25, 0.3) is 0 Å². The van der Waals surface area contributed by atoms with Crippen LogP contribution < -0.4 is 0 Å². The number of rotatable bonds is 6. The second-order valence-electron chi connectivity index (χ2n) is 10.1. The summed E-state index contributed by atoms with van der Waals surface area (Å²) in [6.45, 7) is 14.6. The molecule has 0 aromatic heterocycles. The van der Waals surface area contributed by atoms with Crippen molar-refractivity contribution in [3.8, 4) is 0 Å². The smallest absolute Gasteiger partial charge is 0.169 e. The van der Waals surface area contributed by atoms with Crippen LogP contribution in [0.5, 0.6) is 0 Å². The number of halogens is 6. The molecule has 0 saturated carbocycles. The molecule has 0 aliphatic heterocycles. The van der Waals surface area contributed by atoms with E-state index >= 15 is 0 Å². The van der Waals surface area contributed by atoms with Crippen LogP contribution in [0.15, 0.2) is 36.4 Å². The molecule has 184 valence electrons. The minimum Gasteiger partial charge on any atom is -0.169 e. The van der Waals surface area contributed by atoms with Gasteiger partial charge in [0, 0.05) is 0 Å². The van der Waals surface area contributed by atoms with Gasteiger partial charge >= 0.3 is 12.4 Å². The molecule has 0 bridgehead atoms. The van der Waals surface area contributed by atoms with Gasteiger partial charge < -0.3 is 0 Å². The molecule has 0 fully saturated rings. The minimum atomic E-state index is -5.59. The zero-order valence-electron chi connectivity index (χ0n) is 20.5. The highest BCUT2D eigenvalue weighted by molar-refractivity contribution is 5.51. The highest BCUT2D eigenvalue weighted by Crippen LogP contribution is 2.57. The molecule has 0 heterocycles. The summed E-state index contributed by atoms with van der Waals surface area (Å²) < 4.78 is 88.2. The number of benzene rings is 2. The lowest BCUT2D eigenvalue weighted by Gasteiger charge is -2.39. The highest BCUT2D eigenvalue weighted by Gasteiger charge is 2.72. The Morgan fingerprint density at radius 1 is 0.455 bits per heavy atom. The van der Waals surface area contributed by atoms with Crippen molar-refractivity contribution in [2.45, 2.75) is 96.8 Å². The Morgan fingerprint density at radius 3 is 0.939 bits per heavy atom. The Labute approximate surface area is 193 Å². The standard InChI is InChI=1S/C27H34F6/c1-15(2)21-11-9-19(13-23(21)17(5)6)25(26(28,29)30,27(31,32)33)20-10-12-22(16(3)4)24(14-20)18(7)8/h9-18H,1-8H3. The predicted molar refractivity (Wildman–Crippen MR) is 122 cm³/mol. The predicted octanol–water partition coefficient (Wildman–Crippen LogP) is 9.59. The third-order valence-electron chi connectivity index (χ3n) is 6.38. The number of alkyl halides is 6. The molecular weight excluding hydrogens is 438 g/mol.